The Balaban J connectivity index is 1.76. The minimum Gasteiger partial charge on any atom is -0.461 e. The topological polar surface area (TPSA) is 26.3 Å². The van der Waals surface area contributed by atoms with Gasteiger partial charge < -0.3 is 4.74 Å². The Hall–Kier alpha value is -1.45. The average Bonchev–Trinajstić information content (AvgIpc) is 3.31. The van der Waals surface area contributed by atoms with E-state index in [2.05, 4.69) is 20.8 Å². The standard InChI is InChI=1S/C20H26F2O2/c1-12(2)15-6-4-13(3)10-18(15)24-19(23)20(8-9-20)14-5-7-16(21)17(22)11-14/h5,7,11-13,15,18H,4,6,8-10H2,1-3H3/t13-,15+,18-/m1/s1. The van der Waals surface area contributed by atoms with Crippen molar-refractivity contribution in [2.75, 3.05) is 0 Å². The van der Waals surface area contributed by atoms with Gasteiger partial charge >= 0.3 is 5.97 Å². The summed E-state index contributed by atoms with van der Waals surface area (Å²) in [5.41, 5.74) is -0.229. The molecule has 3 rings (SSSR count). The van der Waals surface area contributed by atoms with Gasteiger partial charge in [0.2, 0.25) is 0 Å². The van der Waals surface area contributed by atoms with E-state index in [9.17, 15) is 13.6 Å². The lowest BCUT2D eigenvalue weighted by Crippen LogP contribution is -2.38. The van der Waals surface area contributed by atoms with E-state index < -0.39 is 17.0 Å². The SMILES string of the molecule is CC(C)[C@@H]1CC[C@@H](C)C[C@H]1OC(=O)C1(c2ccc(F)c(F)c2)CC1. The molecule has 0 spiro atoms. The van der Waals surface area contributed by atoms with E-state index in [0.717, 1.165) is 25.0 Å². The van der Waals surface area contributed by atoms with E-state index in [-0.39, 0.29) is 12.1 Å². The number of hydrogen-bond donors (Lipinski definition) is 0. The lowest BCUT2D eigenvalue weighted by atomic mass is 9.75. The van der Waals surface area contributed by atoms with Crippen molar-refractivity contribution < 1.29 is 18.3 Å². The summed E-state index contributed by atoms with van der Waals surface area (Å²) >= 11 is 0. The molecule has 2 aliphatic carbocycles. The van der Waals surface area contributed by atoms with Gasteiger partial charge in [-0.1, -0.05) is 33.3 Å². The molecule has 0 radical (unpaired) electrons. The number of ether oxygens (including phenoxy) is 1. The van der Waals surface area contributed by atoms with Crippen molar-refractivity contribution in [3.8, 4) is 0 Å². The molecule has 0 heterocycles. The van der Waals surface area contributed by atoms with Crippen LogP contribution >= 0.6 is 0 Å². The van der Waals surface area contributed by atoms with Crippen molar-refractivity contribution in [1.82, 2.24) is 0 Å². The van der Waals surface area contributed by atoms with Crippen molar-refractivity contribution in [3.05, 3.63) is 35.4 Å². The maximum absolute atomic E-state index is 13.6. The molecular weight excluding hydrogens is 310 g/mol. The average molecular weight is 336 g/mol. The van der Waals surface area contributed by atoms with Gasteiger partial charge in [0.05, 0.1) is 5.41 Å². The molecule has 2 saturated carbocycles. The van der Waals surface area contributed by atoms with Crippen molar-refractivity contribution in [3.63, 3.8) is 0 Å². The molecule has 3 atom stereocenters. The summed E-state index contributed by atoms with van der Waals surface area (Å²) in [5.74, 6) is -0.657. The molecular formula is C20H26F2O2. The largest absolute Gasteiger partial charge is 0.461 e. The first-order valence-corrected chi connectivity index (χ1v) is 9.00. The van der Waals surface area contributed by atoms with Crippen LogP contribution in [0, 0.1) is 29.4 Å². The minimum absolute atomic E-state index is 0.0657. The predicted molar refractivity (Wildman–Crippen MR) is 88.5 cm³/mol. The Kier molecular flexibility index (Phi) is 4.67. The van der Waals surface area contributed by atoms with Gasteiger partial charge in [-0.15, -0.1) is 0 Å². The van der Waals surface area contributed by atoms with Crippen LogP contribution in [0.3, 0.4) is 0 Å². The first kappa shape index (κ1) is 17.4. The zero-order valence-corrected chi connectivity index (χ0v) is 14.6. The quantitative estimate of drug-likeness (QED) is 0.723. The Bertz CT molecular complexity index is 622. The monoisotopic (exact) mass is 336 g/mol. The second kappa shape index (κ2) is 6.45. The Morgan fingerprint density at radius 1 is 1.21 bits per heavy atom. The number of carbonyl (C=O) groups is 1. The van der Waals surface area contributed by atoms with Crippen LogP contribution in [0.1, 0.15) is 58.4 Å². The zero-order chi connectivity index (χ0) is 17.5. The predicted octanol–water partition coefficient (Wildman–Crippen LogP) is 5.00. The molecule has 2 aliphatic rings. The molecule has 0 saturated heterocycles. The number of hydrogen-bond acceptors (Lipinski definition) is 2. The third-order valence-electron chi connectivity index (χ3n) is 5.83. The van der Waals surface area contributed by atoms with E-state index in [0.29, 0.717) is 36.2 Å². The van der Waals surface area contributed by atoms with Crippen LogP contribution in [0.2, 0.25) is 0 Å². The summed E-state index contributed by atoms with van der Waals surface area (Å²) in [5, 5.41) is 0. The van der Waals surface area contributed by atoms with E-state index in [1.54, 1.807) is 0 Å². The van der Waals surface area contributed by atoms with Gasteiger partial charge in [0.1, 0.15) is 6.10 Å². The van der Waals surface area contributed by atoms with Gasteiger partial charge in [-0.2, -0.15) is 0 Å². The lowest BCUT2D eigenvalue weighted by Gasteiger charge is -2.37. The second-order valence-corrected chi connectivity index (χ2v) is 7.98. The third kappa shape index (κ3) is 3.20. The lowest BCUT2D eigenvalue weighted by molar-refractivity contribution is -0.159. The van der Waals surface area contributed by atoms with Crippen LogP contribution < -0.4 is 0 Å². The Morgan fingerprint density at radius 3 is 2.50 bits per heavy atom. The molecule has 2 nitrogen and oxygen atoms in total. The molecule has 2 fully saturated rings. The molecule has 1 aromatic rings. The number of carbonyl (C=O) groups excluding carboxylic acids is 1. The van der Waals surface area contributed by atoms with Gasteiger partial charge in [0.15, 0.2) is 11.6 Å². The highest BCUT2D eigenvalue weighted by molar-refractivity contribution is 5.86. The van der Waals surface area contributed by atoms with Gasteiger partial charge in [0, 0.05) is 0 Å². The van der Waals surface area contributed by atoms with E-state index in [1.807, 2.05) is 0 Å². The highest BCUT2D eigenvalue weighted by Gasteiger charge is 2.54. The molecule has 0 bridgehead atoms. The molecule has 0 amide bonds. The molecule has 4 heteroatoms. The van der Waals surface area contributed by atoms with Gasteiger partial charge in [-0.05, 0) is 61.1 Å². The van der Waals surface area contributed by atoms with Crippen LogP contribution in [0.5, 0.6) is 0 Å². The molecule has 0 N–H and O–H groups in total. The fourth-order valence-electron chi connectivity index (χ4n) is 4.03. The minimum atomic E-state index is -0.905. The summed E-state index contributed by atoms with van der Waals surface area (Å²) in [6, 6.07) is 3.75. The first-order valence-electron chi connectivity index (χ1n) is 9.00. The Labute approximate surface area is 142 Å². The first-order chi connectivity index (χ1) is 11.3. The van der Waals surface area contributed by atoms with Crippen LogP contribution in [0.15, 0.2) is 18.2 Å². The van der Waals surface area contributed by atoms with Crippen molar-refractivity contribution in [2.24, 2.45) is 17.8 Å². The fourth-order valence-corrected chi connectivity index (χ4v) is 4.03. The second-order valence-electron chi connectivity index (χ2n) is 7.98. The molecule has 24 heavy (non-hydrogen) atoms. The molecule has 132 valence electrons. The van der Waals surface area contributed by atoms with Crippen LogP contribution in [-0.4, -0.2) is 12.1 Å². The summed E-state index contributed by atoms with van der Waals surface area (Å²) in [7, 11) is 0. The van der Waals surface area contributed by atoms with Gasteiger partial charge in [-0.25, -0.2) is 8.78 Å². The van der Waals surface area contributed by atoms with Gasteiger partial charge in [0.25, 0.3) is 0 Å². The van der Waals surface area contributed by atoms with Gasteiger partial charge in [-0.3, -0.25) is 4.79 Å². The maximum Gasteiger partial charge on any atom is 0.316 e. The highest BCUT2D eigenvalue weighted by Crippen LogP contribution is 2.50. The normalized spacial score (nSPS) is 28.7. The van der Waals surface area contributed by atoms with Crippen LogP contribution in [-0.2, 0) is 14.9 Å². The van der Waals surface area contributed by atoms with Crippen LogP contribution in [0.4, 0.5) is 8.78 Å². The highest BCUT2D eigenvalue weighted by atomic mass is 19.2. The summed E-state index contributed by atoms with van der Waals surface area (Å²) < 4.78 is 32.7. The summed E-state index contributed by atoms with van der Waals surface area (Å²) in [4.78, 5) is 12.8. The van der Waals surface area contributed by atoms with Crippen LogP contribution in [0.25, 0.3) is 0 Å². The number of rotatable bonds is 4. The van der Waals surface area contributed by atoms with E-state index in [4.69, 9.17) is 4.74 Å². The molecule has 1 aromatic carbocycles. The maximum atomic E-state index is 13.6. The number of esters is 1. The fraction of sp³-hybridized carbons (Fsp3) is 0.650. The molecule has 0 aliphatic heterocycles. The summed E-state index contributed by atoms with van der Waals surface area (Å²) in [6.45, 7) is 6.53. The number of benzene rings is 1. The molecule has 0 aromatic heterocycles. The van der Waals surface area contributed by atoms with Crippen molar-refractivity contribution in [1.29, 1.82) is 0 Å². The zero-order valence-electron chi connectivity index (χ0n) is 14.6. The van der Waals surface area contributed by atoms with E-state index in [1.165, 1.54) is 12.5 Å². The number of halogens is 2. The molecule has 0 unspecified atom stereocenters. The smallest absolute Gasteiger partial charge is 0.316 e. The van der Waals surface area contributed by atoms with Crippen molar-refractivity contribution >= 4 is 5.97 Å². The third-order valence-corrected chi connectivity index (χ3v) is 5.83. The summed E-state index contributed by atoms with van der Waals surface area (Å²) in [6.07, 6.45) is 4.36. The van der Waals surface area contributed by atoms with E-state index >= 15 is 0 Å². The Morgan fingerprint density at radius 2 is 1.92 bits per heavy atom. The van der Waals surface area contributed by atoms with Crippen molar-refractivity contribution in [2.45, 2.75) is 64.4 Å².